The third-order valence-electron chi connectivity index (χ3n) is 4.12. The number of hydrogen-bond donors (Lipinski definition) is 1. The van der Waals surface area contributed by atoms with Crippen LogP contribution in [-0.4, -0.2) is 23.3 Å². The molecule has 18 heavy (non-hydrogen) atoms. The van der Waals surface area contributed by atoms with Crippen LogP contribution < -0.4 is 0 Å². The highest BCUT2D eigenvalue weighted by Gasteiger charge is 2.40. The maximum atomic E-state index is 11.5. The Morgan fingerprint density at radius 2 is 2.33 bits per heavy atom. The molecule has 3 nitrogen and oxygen atoms in total. The number of ether oxygens (including phenoxy) is 1. The number of fused-ring (bicyclic) bond motifs is 1. The first kappa shape index (κ1) is 13.3. The predicted molar refractivity (Wildman–Crippen MR) is 69.9 cm³/mol. The molecule has 1 saturated heterocycles. The van der Waals surface area contributed by atoms with Crippen molar-refractivity contribution in [2.75, 3.05) is 0 Å². The molecule has 1 aliphatic heterocycles. The first-order valence-corrected chi connectivity index (χ1v) is 6.75. The summed E-state index contributed by atoms with van der Waals surface area (Å²) in [5, 5.41) is 9.37. The van der Waals surface area contributed by atoms with Gasteiger partial charge in [0.15, 0.2) is 0 Å². The van der Waals surface area contributed by atoms with E-state index in [1.807, 2.05) is 6.92 Å². The van der Waals surface area contributed by atoms with Gasteiger partial charge in [-0.25, -0.2) is 4.79 Å². The summed E-state index contributed by atoms with van der Waals surface area (Å²) in [5.74, 6) is 0.347. The van der Waals surface area contributed by atoms with E-state index in [0.717, 1.165) is 25.7 Å². The van der Waals surface area contributed by atoms with Crippen LogP contribution in [0.4, 0.5) is 0 Å². The third-order valence-corrected chi connectivity index (χ3v) is 4.12. The van der Waals surface area contributed by atoms with Crippen LogP contribution in [0, 0.1) is 11.8 Å². The van der Waals surface area contributed by atoms with Crippen molar-refractivity contribution in [3.8, 4) is 0 Å². The third kappa shape index (κ3) is 2.66. The van der Waals surface area contributed by atoms with Gasteiger partial charge in [0.1, 0.15) is 6.10 Å². The quantitative estimate of drug-likeness (QED) is 0.476. The summed E-state index contributed by atoms with van der Waals surface area (Å²) in [4.78, 5) is 11.5. The molecule has 0 bridgehead atoms. The van der Waals surface area contributed by atoms with E-state index in [4.69, 9.17) is 4.74 Å². The molecule has 0 saturated carbocycles. The predicted octanol–water partition coefficient (Wildman–Crippen LogP) is 2.60. The van der Waals surface area contributed by atoms with Crippen molar-refractivity contribution in [1.82, 2.24) is 0 Å². The fourth-order valence-electron chi connectivity index (χ4n) is 2.88. The van der Waals surface area contributed by atoms with Gasteiger partial charge < -0.3 is 9.84 Å². The Bertz CT molecular complexity index is 381. The molecule has 1 N–H and O–H groups in total. The summed E-state index contributed by atoms with van der Waals surface area (Å²) in [6, 6.07) is 0. The molecule has 0 amide bonds. The maximum Gasteiger partial charge on any atom is 0.334 e. The van der Waals surface area contributed by atoms with Gasteiger partial charge in [-0.15, -0.1) is 0 Å². The minimum atomic E-state index is -0.256. The van der Waals surface area contributed by atoms with E-state index in [-0.39, 0.29) is 24.1 Å². The molecule has 0 aromatic heterocycles. The molecule has 3 heteroatoms. The molecule has 0 aromatic carbocycles. The maximum absolute atomic E-state index is 11.5. The minimum Gasteiger partial charge on any atom is -0.458 e. The van der Waals surface area contributed by atoms with E-state index < -0.39 is 0 Å². The van der Waals surface area contributed by atoms with Crippen molar-refractivity contribution < 1.29 is 14.6 Å². The number of carbonyl (C=O) groups is 1. The van der Waals surface area contributed by atoms with Gasteiger partial charge in [-0.3, -0.25) is 0 Å². The van der Waals surface area contributed by atoms with E-state index in [9.17, 15) is 9.90 Å². The average molecular weight is 250 g/mol. The highest BCUT2D eigenvalue weighted by molar-refractivity contribution is 5.90. The lowest BCUT2D eigenvalue weighted by Crippen LogP contribution is -2.17. The van der Waals surface area contributed by atoms with Crippen molar-refractivity contribution in [1.29, 1.82) is 0 Å². The summed E-state index contributed by atoms with van der Waals surface area (Å²) in [6.07, 6.45) is 5.42. The molecule has 1 heterocycles. The lowest BCUT2D eigenvalue weighted by atomic mass is 9.90. The van der Waals surface area contributed by atoms with Gasteiger partial charge in [0.05, 0.1) is 6.10 Å². The minimum absolute atomic E-state index is 0.000278. The summed E-state index contributed by atoms with van der Waals surface area (Å²) in [5.41, 5.74) is 2.01. The topological polar surface area (TPSA) is 46.5 Å². The lowest BCUT2D eigenvalue weighted by molar-refractivity contribution is -0.139. The second-order valence-electron chi connectivity index (χ2n) is 5.61. The largest absolute Gasteiger partial charge is 0.458 e. The fourth-order valence-corrected chi connectivity index (χ4v) is 2.88. The van der Waals surface area contributed by atoms with Crippen LogP contribution in [0.25, 0.3) is 0 Å². The summed E-state index contributed by atoms with van der Waals surface area (Å²) in [6.45, 7) is 7.83. The number of hydrogen-bond acceptors (Lipinski definition) is 3. The average Bonchev–Trinajstić information content (AvgIpc) is 2.46. The van der Waals surface area contributed by atoms with E-state index in [1.165, 1.54) is 5.57 Å². The highest BCUT2D eigenvalue weighted by atomic mass is 16.6. The Labute approximate surface area is 109 Å². The summed E-state index contributed by atoms with van der Waals surface area (Å²) in [7, 11) is 0. The van der Waals surface area contributed by atoms with E-state index in [1.54, 1.807) is 0 Å². The monoisotopic (exact) mass is 250 g/mol. The van der Waals surface area contributed by atoms with Crippen molar-refractivity contribution >= 4 is 5.97 Å². The molecule has 1 fully saturated rings. The van der Waals surface area contributed by atoms with Crippen LogP contribution in [0.15, 0.2) is 23.8 Å². The van der Waals surface area contributed by atoms with Gasteiger partial charge in [0, 0.05) is 11.5 Å². The Hall–Kier alpha value is -1.09. The molecular weight excluding hydrogens is 228 g/mol. The molecular formula is C15H22O3. The molecule has 1 aliphatic carbocycles. The summed E-state index contributed by atoms with van der Waals surface area (Å²) >= 11 is 0. The molecule has 100 valence electrons. The molecule has 0 unspecified atom stereocenters. The van der Waals surface area contributed by atoms with Gasteiger partial charge in [-0.1, -0.05) is 25.2 Å². The molecule has 0 aromatic rings. The lowest BCUT2D eigenvalue weighted by Gasteiger charge is -2.18. The van der Waals surface area contributed by atoms with Crippen molar-refractivity contribution in [3.63, 3.8) is 0 Å². The van der Waals surface area contributed by atoms with Gasteiger partial charge in [0.25, 0.3) is 0 Å². The van der Waals surface area contributed by atoms with Gasteiger partial charge in [0.2, 0.25) is 0 Å². The van der Waals surface area contributed by atoms with E-state index in [2.05, 4.69) is 19.6 Å². The zero-order valence-corrected chi connectivity index (χ0v) is 11.2. The zero-order chi connectivity index (χ0) is 13.3. The standard InChI is InChI=1S/C15H22O3/c1-9-8-14-13(11(3)15(17)18-14)7-6-12(9)5-4-10(2)16/h6,9-10,13-14,16H,3-5,7-8H2,1-2H3/t9-,10+,13-,14-/m0/s1. The molecule has 4 atom stereocenters. The van der Waals surface area contributed by atoms with Crippen LogP contribution >= 0.6 is 0 Å². The molecule has 2 aliphatic rings. The number of rotatable bonds is 3. The molecule has 2 rings (SSSR count). The van der Waals surface area contributed by atoms with Gasteiger partial charge >= 0.3 is 5.97 Å². The molecule has 0 spiro atoms. The normalized spacial score (nSPS) is 33.5. The first-order valence-electron chi connectivity index (χ1n) is 6.75. The highest BCUT2D eigenvalue weighted by Crippen LogP contribution is 2.39. The van der Waals surface area contributed by atoms with Gasteiger partial charge in [-0.2, -0.15) is 0 Å². The van der Waals surface area contributed by atoms with Gasteiger partial charge in [-0.05, 0) is 38.5 Å². The number of aliphatic hydroxyl groups excluding tert-OH is 1. The first-order chi connectivity index (χ1) is 8.49. The smallest absolute Gasteiger partial charge is 0.334 e. The Balaban J connectivity index is 2.06. The second-order valence-corrected chi connectivity index (χ2v) is 5.61. The van der Waals surface area contributed by atoms with Crippen LogP contribution in [0.5, 0.6) is 0 Å². The SMILES string of the molecule is C=C1C(=O)O[C@H]2C[C@H](C)C(CC[C@@H](C)O)=CC[C@@H]12. The number of aliphatic hydroxyl groups is 1. The number of allylic oxidation sites excluding steroid dienone is 2. The zero-order valence-electron chi connectivity index (χ0n) is 11.2. The Kier molecular flexibility index (Phi) is 3.91. The van der Waals surface area contributed by atoms with E-state index in [0.29, 0.717) is 11.5 Å². The van der Waals surface area contributed by atoms with E-state index >= 15 is 0 Å². The van der Waals surface area contributed by atoms with Crippen LogP contribution in [0.1, 0.15) is 39.5 Å². The number of carbonyl (C=O) groups excluding carboxylic acids is 1. The van der Waals surface area contributed by atoms with Crippen LogP contribution in [0.3, 0.4) is 0 Å². The van der Waals surface area contributed by atoms with Crippen molar-refractivity contribution in [2.45, 2.75) is 51.7 Å². The Morgan fingerprint density at radius 3 is 3.00 bits per heavy atom. The Morgan fingerprint density at radius 1 is 1.61 bits per heavy atom. The van der Waals surface area contributed by atoms with Crippen LogP contribution in [0.2, 0.25) is 0 Å². The second kappa shape index (κ2) is 5.27. The van der Waals surface area contributed by atoms with Crippen molar-refractivity contribution in [3.05, 3.63) is 23.8 Å². The fraction of sp³-hybridized carbons (Fsp3) is 0.667. The summed E-state index contributed by atoms with van der Waals surface area (Å²) < 4.78 is 5.38. The van der Waals surface area contributed by atoms with Crippen molar-refractivity contribution in [2.24, 2.45) is 11.8 Å². The molecule has 0 radical (unpaired) electrons. The van der Waals surface area contributed by atoms with Crippen LogP contribution in [-0.2, 0) is 9.53 Å². The number of esters is 1.